The van der Waals surface area contributed by atoms with Crippen LogP contribution in [0.3, 0.4) is 0 Å². The van der Waals surface area contributed by atoms with Crippen molar-refractivity contribution < 1.29 is 27.4 Å². The van der Waals surface area contributed by atoms with Gasteiger partial charge < -0.3 is 9.47 Å². The molecule has 0 aromatic rings. The molecule has 0 aliphatic heterocycles. The van der Waals surface area contributed by atoms with Crippen molar-refractivity contribution in [1.82, 2.24) is 0 Å². The Morgan fingerprint density at radius 1 is 1.43 bits per heavy atom. The van der Waals surface area contributed by atoms with Crippen LogP contribution in [0.25, 0.3) is 0 Å². The molecule has 84 valence electrons. The van der Waals surface area contributed by atoms with Gasteiger partial charge in [0.05, 0.1) is 6.42 Å². The molecule has 1 unspecified atom stereocenters. The van der Waals surface area contributed by atoms with Crippen molar-refractivity contribution in [2.24, 2.45) is 0 Å². The molecule has 0 aliphatic carbocycles. The smallest absolute Gasteiger partial charge is 0.392 e. The van der Waals surface area contributed by atoms with E-state index in [1.165, 1.54) is 6.92 Å². The molecule has 0 heterocycles. The molecule has 0 bridgehead atoms. The third kappa shape index (κ3) is 6.71. The Balaban J connectivity index is 3.64. The number of ether oxygens (including phenoxy) is 2. The Kier molecular flexibility index (Phi) is 5.52. The van der Waals surface area contributed by atoms with Crippen molar-refractivity contribution in [1.29, 1.82) is 0 Å². The van der Waals surface area contributed by atoms with Crippen LogP contribution >= 0.6 is 0 Å². The molecule has 0 rings (SSSR count). The molecule has 0 aromatic heterocycles. The third-order valence-electron chi connectivity index (χ3n) is 1.38. The van der Waals surface area contributed by atoms with Crippen molar-refractivity contribution in [3.63, 3.8) is 0 Å². The fourth-order valence-electron chi connectivity index (χ4n) is 0.703. The van der Waals surface area contributed by atoms with Crippen molar-refractivity contribution in [3.8, 4) is 0 Å². The fourth-order valence-corrected chi connectivity index (χ4v) is 0.703. The Bertz CT molecular complexity index is 179. The van der Waals surface area contributed by atoms with E-state index in [1.54, 1.807) is 6.92 Å². The van der Waals surface area contributed by atoms with Crippen molar-refractivity contribution in [2.45, 2.75) is 32.5 Å². The van der Waals surface area contributed by atoms with E-state index in [1.807, 2.05) is 0 Å². The number of esters is 1. The minimum Gasteiger partial charge on any atom is -0.463 e. The minimum absolute atomic E-state index is 0.315. The van der Waals surface area contributed by atoms with Crippen molar-refractivity contribution in [3.05, 3.63) is 0 Å². The molecule has 1 atom stereocenters. The molecule has 0 saturated heterocycles. The second-order valence-electron chi connectivity index (χ2n) is 2.63. The van der Waals surface area contributed by atoms with Gasteiger partial charge >= 0.3 is 12.1 Å². The van der Waals surface area contributed by atoms with Gasteiger partial charge in [-0.15, -0.1) is 0 Å². The van der Waals surface area contributed by atoms with Gasteiger partial charge in [0.25, 0.3) is 0 Å². The van der Waals surface area contributed by atoms with E-state index < -0.39 is 31.3 Å². The van der Waals surface area contributed by atoms with Gasteiger partial charge in [-0.1, -0.05) is 0 Å². The monoisotopic (exact) mass is 214 g/mol. The summed E-state index contributed by atoms with van der Waals surface area (Å²) in [6, 6.07) is 0. The molecule has 0 aliphatic rings. The van der Waals surface area contributed by atoms with Crippen LogP contribution in [-0.4, -0.2) is 31.5 Å². The van der Waals surface area contributed by atoms with Crippen LogP contribution in [0.1, 0.15) is 20.3 Å². The van der Waals surface area contributed by atoms with Gasteiger partial charge in [0.1, 0.15) is 6.61 Å². The number of hydrogen-bond acceptors (Lipinski definition) is 3. The second kappa shape index (κ2) is 5.85. The lowest BCUT2D eigenvalue weighted by atomic mass is 10.4. The highest BCUT2D eigenvalue weighted by atomic mass is 19.4. The lowest BCUT2D eigenvalue weighted by Crippen LogP contribution is -2.25. The SMILES string of the molecule is CCOC(C)C(=O)OCCC(F)(F)F. The molecule has 0 aromatic carbocycles. The highest BCUT2D eigenvalue weighted by molar-refractivity contribution is 5.74. The summed E-state index contributed by atoms with van der Waals surface area (Å²) < 4.78 is 44.1. The number of alkyl halides is 3. The van der Waals surface area contributed by atoms with Crippen LogP contribution in [0.2, 0.25) is 0 Å². The molecule has 6 heteroatoms. The summed E-state index contributed by atoms with van der Waals surface area (Å²) in [7, 11) is 0. The summed E-state index contributed by atoms with van der Waals surface area (Å²) in [5.74, 6) is -0.767. The Morgan fingerprint density at radius 2 is 2.00 bits per heavy atom. The van der Waals surface area contributed by atoms with E-state index in [0.29, 0.717) is 6.61 Å². The van der Waals surface area contributed by atoms with Crippen LogP contribution < -0.4 is 0 Å². The number of carbonyl (C=O) groups is 1. The summed E-state index contributed by atoms with van der Waals surface area (Å²) in [5, 5.41) is 0. The average Bonchev–Trinajstić information content (AvgIpc) is 2.02. The van der Waals surface area contributed by atoms with Crippen LogP contribution in [0.5, 0.6) is 0 Å². The van der Waals surface area contributed by atoms with Gasteiger partial charge in [-0.25, -0.2) is 4.79 Å². The predicted molar refractivity (Wildman–Crippen MR) is 42.7 cm³/mol. The van der Waals surface area contributed by atoms with E-state index in [-0.39, 0.29) is 0 Å². The highest BCUT2D eigenvalue weighted by Gasteiger charge is 2.27. The standard InChI is InChI=1S/C8H13F3O3/c1-3-13-6(2)7(12)14-5-4-8(9,10)11/h6H,3-5H2,1-2H3. The Hall–Kier alpha value is -0.780. The maximum absolute atomic E-state index is 11.6. The average molecular weight is 214 g/mol. The molecule has 0 saturated carbocycles. The molecule has 0 amide bonds. The normalized spacial score (nSPS) is 13.8. The van der Waals surface area contributed by atoms with Crippen LogP contribution in [0.15, 0.2) is 0 Å². The van der Waals surface area contributed by atoms with Gasteiger partial charge in [0.15, 0.2) is 6.10 Å². The van der Waals surface area contributed by atoms with Crippen LogP contribution in [-0.2, 0) is 14.3 Å². The molecule has 0 spiro atoms. The highest BCUT2D eigenvalue weighted by Crippen LogP contribution is 2.19. The van der Waals surface area contributed by atoms with Gasteiger partial charge in [-0.2, -0.15) is 13.2 Å². The maximum Gasteiger partial charge on any atom is 0.392 e. The number of rotatable bonds is 5. The van der Waals surface area contributed by atoms with E-state index in [0.717, 1.165) is 0 Å². The molecule has 0 fully saturated rings. The number of carbonyl (C=O) groups excluding carboxylic acids is 1. The predicted octanol–water partition coefficient (Wildman–Crippen LogP) is 1.91. The molecular formula is C8H13F3O3. The summed E-state index contributed by atoms with van der Waals surface area (Å²) in [6.45, 7) is 2.77. The van der Waals surface area contributed by atoms with Crippen molar-refractivity contribution in [2.75, 3.05) is 13.2 Å². The first-order valence-electron chi connectivity index (χ1n) is 4.21. The molecule has 3 nitrogen and oxygen atoms in total. The van der Waals surface area contributed by atoms with Crippen LogP contribution in [0.4, 0.5) is 13.2 Å². The van der Waals surface area contributed by atoms with Gasteiger partial charge in [0, 0.05) is 6.61 Å². The van der Waals surface area contributed by atoms with Crippen molar-refractivity contribution >= 4 is 5.97 Å². The zero-order valence-corrected chi connectivity index (χ0v) is 8.06. The molecule has 0 N–H and O–H groups in total. The summed E-state index contributed by atoms with van der Waals surface area (Å²) in [6.07, 6.45) is -6.24. The zero-order chi connectivity index (χ0) is 11.2. The molecule has 14 heavy (non-hydrogen) atoms. The summed E-state index contributed by atoms with van der Waals surface area (Å²) in [5.41, 5.74) is 0. The lowest BCUT2D eigenvalue weighted by Gasteiger charge is -2.11. The van der Waals surface area contributed by atoms with Gasteiger partial charge in [0.2, 0.25) is 0 Å². The second-order valence-corrected chi connectivity index (χ2v) is 2.63. The number of hydrogen-bond donors (Lipinski definition) is 0. The minimum atomic E-state index is -4.30. The Morgan fingerprint density at radius 3 is 2.43 bits per heavy atom. The summed E-state index contributed by atoms with van der Waals surface area (Å²) >= 11 is 0. The Labute approximate surface area is 80.2 Å². The van der Waals surface area contributed by atoms with E-state index >= 15 is 0 Å². The zero-order valence-electron chi connectivity index (χ0n) is 8.06. The quantitative estimate of drug-likeness (QED) is 0.656. The lowest BCUT2D eigenvalue weighted by molar-refractivity contribution is -0.167. The topological polar surface area (TPSA) is 35.5 Å². The van der Waals surface area contributed by atoms with E-state index in [9.17, 15) is 18.0 Å². The van der Waals surface area contributed by atoms with Gasteiger partial charge in [-0.05, 0) is 13.8 Å². The fraction of sp³-hybridized carbons (Fsp3) is 0.875. The number of halogens is 3. The molecular weight excluding hydrogens is 201 g/mol. The maximum atomic E-state index is 11.6. The van der Waals surface area contributed by atoms with Crippen LogP contribution in [0, 0.1) is 0 Å². The van der Waals surface area contributed by atoms with E-state index in [2.05, 4.69) is 4.74 Å². The molecule has 0 radical (unpaired) electrons. The first-order chi connectivity index (χ1) is 6.37. The van der Waals surface area contributed by atoms with E-state index in [4.69, 9.17) is 4.74 Å². The first-order valence-corrected chi connectivity index (χ1v) is 4.21. The van der Waals surface area contributed by atoms with Gasteiger partial charge in [-0.3, -0.25) is 0 Å². The third-order valence-corrected chi connectivity index (χ3v) is 1.38. The first kappa shape index (κ1) is 13.2. The largest absolute Gasteiger partial charge is 0.463 e. The summed E-state index contributed by atoms with van der Waals surface area (Å²) in [4.78, 5) is 10.9.